The van der Waals surface area contributed by atoms with Crippen LogP contribution in [0.25, 0.3) is 0 Å². The van der Waals surface area contributed by atoms with Gasteiger partial charge in [-0.2, -0.15) is 8.78 Å². The number of nitrogens with one attached hydrogen (secondary N) is 2. The van der Waals surface area contributed by atoms with Crippen LogP contribution in [0.15, 0.2) is 24.3 Å². The Labute approximate surface area is 135 Å². The van der Waals surface area contributed by atoms with E-state index in [9.17, 15) is 13.6 Å². The van der Waals surface area contributed by atoms with Crippen LogP contribution in [0.3, 0.4) is 0 Å². The lowest BCUT2D eigenvalue weighted by atomic mass is 10.1. The number of benzene rings is 1. The summed E-state index contributed by atoms with van der Waals surface area (Å²) in [4.78, 5) is 11.7. The lowest BCUT2D eigenvalue weighted by molar-refractivity contribution is -0.121. The molecule has 0 saturated carbocycles. The summed E-state index contributed by atoms with van der Waals surface area (Å²) in [7, 11) is 0. The first-order valence-electron chi connectivity index (χ1n) is 7.17. The second kappa shape index (κ2) is 9.58. The number of amides is 1. The van der Waals surface area contributed by atoms with Gasteiger partial charge >= 0.3 is 6.61 Å². The quantitative estimate of drug-likeness (QED) is 0.806. The molecule has 4 nitrogen and oxygen atoms in total. The highest BCUT2D eigenvalue weighted by atomic mass is 35.5. The predicted molar refractivity (Wildman–Crippen MR) is 82.4 cm³/mol. The molecule has 1 unspecified atom stereocenters. The minimum absolute atomic E-state index is 0. The maximum absolute atomic E-state index is 12.0. The van der Waals surface area contributed by atoms with Crippen LogP contribution in [-0.4, -0.2) is 25.1 Å². The normalized spacial score (nSPS) is 17.1. The summed E-state index contributed by atoms with van der Waals surface area (Å²) in [6.45, 7) is -1.38. The van der Waals surface area contributed by atoms with Crippen LogP contribution in [-0.2, 0) is 11.3 Å². The topological polar surface area (TPSA) is 50.4 Å². The molecule has 2 N–H and O–H groups in total. The van der Waals surface area contributed by atoms with Crippen LogP contribution < -0.4 is 15.4 Å². The van der Waals surface area contributed by atoms with Crippen LogP contribution in [0.2, 0.25) is 0 Å². The van der Waals surface area contributed by atoms with Gasteiger partial charge in [0.2, 0.25) is 5.91 Å². The average molecular weight is 335 g/mol. The van der Waals surface area contributed by atoms with Gasteiger partial charge in [-0.1, -0.05) is 12.1 Å². The Morgan fingerprint density at radius 1 is 1.36 bits per heavy atom. The molecule has 1 aliphatic heterocycles. The molecule has 1 aromatic carbocycles. The Hall–Kier alpha value is -1.40. The van der Waals surface area contributed by atoms with Gasteiger partial charge in [-0.25, -0.2) is 0 Å². The summed E-state index contributed by atoms with van der Waals surface area (Å²) in [6, 6.07) is 6.72. The second-order valence-electron chi connectivity index (χ2n) is 5.13. The standard InChI is InChI=1S/C15H20F2N2O2.ClH/c16-15(17)21-13-6-3-11(4-7-13)10-19-14(20)8-5-12-2-1-9-18-12;/h3-4,6-7,12,15,18H,1-2,5,8-10H2,(H,19,20);1H. The van der Waals surface area contributed by atoms with Crippen LogP contribution >= 0.6 is 12.4 Å². The molecule has 1 aliphatic rings. The monoisotopic (exact) mass is 334 g/mol. The molecule has 1 fully saturated rings. The van der Waals surface area contributed by atoms with E-state index in [1.165, 1.54) is 18.6 Å². The smallest absolute Gasteiger partial charge is 0.387 e. The molecule has 1 aromatic rings. The fourth-order valence-electron chi connectivity index (χ4n) is 2.39. The largest absolute Gasteiger partial charge is 0.435 e. The number of alkyl halides is 2. The molecule has 1 amide bonds. The van der Waals surface area contributed by atoms with Crippen molar-refractivity contribution in [2.45, 2.75) is 44.9 Å². The van der Waals surface area contributed by atoms with E-state index in [-0.39, 0.29) is 24.1 Å². The molecule has 1 heterocycles. The predicted octanol–water partition coefficient (Wildman–Crippen LogP) is 2.86. The molecule has 0 radical (unpaired) electrons. The Bertz CT molecular complexity index is 451. The minimum atomic E-state index is -2.82. The summed E-state index contributed by atoms with van der Waals surface area (Å²) in [5.74, 6) is 0.129. The van der Waals surface area contributed by atoms with Crippen molar-refractivity contribution in [3.8, 4) is 5.75 Å². The number of rotatable bonds is 7. The molecule has 0 spiro atoms. The van der Waals surface area contributed by atoms with Gasteiger partial charge in [0.25, 0.3) is 0 Å². The molecule has 0 aliphatic carbocycles. The van der Waals surface area contributed by atoms with Crippen molar-refractivity contribution >= 4 is 18.3 Å². The molecule has 7 heteroatoms. The van der Waals surface area contributed by atoms with Gasteiger partial charge < -0.3 is 15.4 Å². The van der Waals surface area contributed by atoms with E-state index in [1.54, 1.807) is 12.1 Å². The molecular formula is C15H21ClF2N2O2. The summed E-state index contributed by atoms with van der Waals surface area (Å²) in [5.41, 5.74) is 0.851. The van der Waals surface area contributed by atoms with Crippen LogP contribution in [0, 0.1) is 0 Å². The molecular weight excluding hydrogens is 314 g/mol. The summed E-state index contributed by atoms with van der Waals surface area (Å²) >= 11 is 0. The van der Waals surface area contributed by atoms with Gasteiger partial charge in [0.1, 0.15) is 5.75 Å². The second-order valence-corrected chi connectivity index (χ2v) is 5.13. The third-order valence-electron chi connectivity index (χ3n) is 3.52. The van der Waals surface area contributed by atoms with Gasteiger partial charge in [0.05, 0.1) is 0 Å². The number of ether oxygens (including phenoxy) is 1. The minimum Gasteiger partial charge on any atom is -0.435 e. The van der Waals surface area contributed by atoms with Crippen molar-refractivity contribution in [2.75, 3.05) is 6.54 Å². The number of carbonyl (C=O) groups is 1. The van der Waals surface area contributed by atoms with Crippen molar-refractivity contribution < 1.29 is 18.3 Å². The van der Waals surface area contributed by atoms with Gasteiger partial charge in [-0.3, -0.25) is 4.79 Å². The molecule has 1 saturated heterocycles. The molecule has 1 atom stereocenters. The number of carbonyl (C=O) groups excluding carboxylic acids is 1. The first-order chi connectivity index (χ1) is 10.1. The van der Waals surface area contributed by atoms with E-state index in [4.69, 9.17) is 0 Å². The lowest BCUT2D eigenvalue weighted by Gasteiger charge is -2.10. The van der Waals surface area contributed by atoms with Crippen LogP contribution in [0.4, 0.5) is 8.78 Å². The SMILES string of the molecule is Cl.O=C(CCC1CCCN1)NCc1ccc(OC(F)F)cc1. The van der Waals surface area contributed by atoms with Gasteiger partial charge in [0.15, 0.2) is 0 Å². The van der Waals surface area contributed by atoms with Gasteiger partial charge in [-0.05, 0) is 43.5 Å². The average Bonchev–Trinajstić information content (AvgIpc) is 2.97. The first-order valence-corrected chi connectivity index (χ1v) is 7.17. The zero-order chi connectivity index (χ0) is 15.1. The molecule has 124 valence electrons. The van der Waals surface area contributed by atoms with Crippen molar-refractivity contribution in [1.29, 1.82) is 0 Å². The fraction of sp³-hybridized carbons (Fsp3) is 0.533. The number of halogens is 3. The highest BCUT2D eigenvalue weighted by molar-refractivity contribution is 5.85. The zero-order valence-corrected chi connectivity index (χ0v) is 13.0. The first kappa shape index (κ1) is 18.6. The molecule has 0 bridgehead atoms. The number of hydrogen-bond acceptors (Lipinski definition) is 3. The van der Waals surface area contributed by atoms with Crippen molar-refractivity contribution in [1.82, 2.24) is 10.6 Å². The van der Waals surface area contributed by atoms with E-state index in [1.807, 2.05) is 0 Å². The maximum Gasteiger partial charge on any atom is 0.387 e. The lowest BCUT2D eigenvalue weighted by Crippen LogP contribution is -2.27. The maximum atomic E-state index is 12.0. The Morgan fingerprint density at radius 2 is 2.09 bits per heavy atom. The van der Waals surface area contributed by atoms with Crippen molar-refractivity contribution in [3.63, 3.8) is 0 Å². The number of hydrogen-bond donors (Lipinski definition) is 2. The van der Waals surface area contributed by atoms with Crippen molar-refractivity contribution in [3.05, 3.63) is 29.8 Å². The van der Waals surface area contributed by atoms with E-state index in [2.05, 4.69) is 15.4 Å². The molecule has 22 heavy (non-hydrogen) atoms. The summed E-state index contributed by atoms with van der Waals surface area (Å²) in [5, 5.41) is 6.18. The van der Waals surface area contributed by atoms with Crippen LogP contribution in [0.5, 0.6) is 5.75 Å². The Morgan fingerprint density at radius 3 is 2.68 bits per heavy atom. The highest BCUT2D eigenvalue weighted by Gasteiger charge is 2.15. The Kier molecular flexibility index (Phi) is 8.12. The van der Waals surface area contributed by atoms with Crippen molar-refractivity contribution in [2.24, 2.45) is 0 Å². The van der Waals surface area contributed by atoms with E-state index in [0.29, 0.717) is 19.0 Å². The summed E-state index contributed by atoms with van der Waals surface area (Å²) in [6.07, 6.45) is 3.68. The Balaban J connectivity index is 0.00000242. The molecule has 0 aromatic heterocycles. The third kappa shape index (κ3) is 6.58. The third-order valence-corrected chi connectivity index (χ3v) is 3.52. The fourth-order valence-corrected chi connectivity index (χ4v) is 2.39. The molecule has 2 rings (SSSR count). The van der Waals surface area contributed by atoms with Gasteiger partial charge in [-0.15, -0.1) is 12.4 Å². The van der Waals surface area contributed by atoms with E-state index >= 15 is 0 Å². The van der Waals surface area contributed by atoms with Crippen LogP contribution in [0.1, 0.15) is 31.2 Å². The summed E-state index contributed by atoms with van der Waals surface area (Å²) < 4.78 is 28.3. The van der Waals surface area contributed by atoms with E-state index < -0.39 is 6.61 Å². The van der Waals surface area contributed by atoms with Gasteiger partial charge in [0, 0.05) is 19.0 Å². The highest BCUT2D eigenvalue weighted by Crippen LogP contribution is 2.15. The van der Waals surface area contributed by atoms with E-state index in [0.717, 1.165) is 24.9 Å². The zero-order valence-electron chi connectivity index (χ0n) is 12.2.